The van der Waals surface area contributed by atoms with Crippen molar-refractivity contribution in [3.63, 3.8) is 0 Å². The predicted molar refractivity (Wildman–Crippen MR) is 32.5 cm³/mol. The van der Waals surface area contributed by atoms with Crippen LogP contribution in [0.4, 0.5) is 0 Å². The predicted octanol–water partition coefficient (Wildman–Crippen LogP) is 0.184. The Kier molecular flexibility index (Phi) is 1.53. The highest BCUT2D eigenvalue weighted by Gasteiger charge is 1.92. The van der Waals surface area contributed by atoms with Crippen LogP contribution >= 0.6 is 0 Å². The smallest absolute Gasteiger partial charge is 0.290 e. The molecule has 0 saturated heterocycles. The number of ether oxygens (including phenoxy) is 1. The fraction of sp³-hybridized carbons (Fsp3) is 0.167. The molecule has 1 heterocycles. The summed E-state index contributed by atoms with van der Waals surface area (Å²) >= 11 is 0. The molecule has 0 aromatic carbocycles. The van der Waals surface area contributed by atoms with Crippen LogP contribution < -0.4 is 10.3 Å². The molecular weight excluding hydrogens is 118 g/mol. The number of aromatic amines is 1. The second-order valence-electron chi connectivity index (χ2n) is 1.48. The lowest BCUT2D eigenvalue weighted by molar-refractivity contribution is 0.407. The average molecular weight is 124 g/mol. The summed E-state index contributed by atoms with van der Waals surface area (Å²) in [5, 5.41) is 0. The summed E-state index contributed by atoms with van der Waals surface area (Å²) in [6, 6.07) is 4.20. The van der Waals surface area contributed by atoms with E-state index in [0.717, 1.165) is 0 Å². The maximum atomic E-state index is 10.6. The maximum absolute atomic E-state index is 10.6. The van der Waals surface area contributed by atoms with E-state index < -0.39 is 0 Å². The summed E-state index contributed by atoms with van der Waals surface area (Å²) in [4.78, 5) is 13.1. The molecular formula is C6H6NO2. The van der Waals surface area contributed by atoms with Gasteiger partial charge in [-0.15, -0.1) is 0 Å². The normalized spacial score (nSPS) is 9.00. The van der Waals surface area contributed by atoms with Crippen molar-refractivity contribution >= 4 is 0 Å². The van der Waals surface area contributed by atoms with Crippen LogP contribution in [0.25, 0.3) is 0 Å². The van der Waals surface area contributed by atoms with Gasteiger partial charge in [-0.25, -0.2) is 0 Å². The molecule has 1 N–H and O–H groups in total. The topological polar surface area (TPSA) is 42.1 Å². The van der Waals surface area contributed by atoms with Gasteiger partial charge in [0.05, 0.1) is 7.11 Å². The van der Waals surface area contributed by atoms with E-state index in [1.54, 1.807) is 6.07 Å². The number of methoxy groups -OCH3 is 1. The van der Waals surface area contributed by atoms with Gasteiger partial charge in [-0.1, -0.05) is 0 Å². The SMILES string of the molecule is COc1[c]cc[nH]c1=O. The number of pyridine rings is 1. The Bertz CT molecular complexity index is 241. The minimum Gasteiger partial charge on any atom is -0.491 e. The Balaban J connectivity index is 3.16. The minimum absolute atomic E-state index is 0.220. The molecule has 1 rings (SSSR count). The van der Waals surface area contributed by atoms with Crippen LogP contribution in [0.1, 0.15) is 0 Å². The van der Waals surface area contributed by atoms with Crippen LogP contribution in [0, 0.1) is 6.07 Å². The second kappa shape index (κ2) is 2.35. The molecule has 0 fully saturated rings. The van der Waals surface area contributed by atoms with E-state index in [1.165, 1.54) is 13.3 Å². The van der Waals surface area contributed by atoms with Crippen molar-refractivity contribution in [2.45, 2.75) is 0 Å². The molecule has 0 bridgehead atoms. The molecule has 0 aliphatic heterocycles. The van der Waals surface area contributed by atoms with Crippen molar-refractivity contribution < 1.29 is 4.74 Å². The molecule has 3 nitrogen and oxygen atoms in total. The van der Waals surface area contributed by atoms with Gasteiger partial charge < -0.3 is 9.72 Å². The summed E-state index contributed by atoms with van der Waals surface area (Å²) in [5.41, 5.74) is -0.250. The first-order valence-electron chi connectivity index (χ1n) is 2.48. The van der Waals surface area contributed by atoms with Crippen LogP contribution in [-0.4, -0.2) is 12.1 Å². The van der Waals surface area contributed by atoms with Gasteiger partial charge in [0.25, 0.3) is 5.56 Å². The number of hydrogen-bond acceptors (Lipinski definition) is 2. The Hall–Kier alpha value is -1.25. The first kappa shape index (κ1) is 5.88. The molecule has 0 atom stereocenters. The Labute approximate surface area is 52.3 Å². The van der Waals surface area contributed by atoms with Crippen LogP contribution in [0.3, 0.4) is 0 Å². The van der Waals surface area contributed by atoms with Crippen molar-refractivity contribution in [1.29, 1.82) is 0 Å². The summed E-state index contributed by atoms with van der Waals surface area (Å²) in [5.74, 6) is 0.220. The van der Waals surface area contributed by atoms with Crippen LogP contribution in [0.5, 0.6) is 5.75 Å². The number of nitrogens with one attached hydrogen (secondary N) is 1. The summed E-state index contributed by atoms with van der Waals surface area (Å²) in [7, 11) is 1.43. The van der Waals surface area contributed by atoms with Gasteiger partial charge in [0, 0.05) is 12.3 Å². The van der Waals surface area contributed by atoms with Gasteiger partial charge in [0.2, 0.25) is 0 Å². The molecule has 9 heavy (non-hydrogen) atoms. The van der Waals surface area contributed by atoms with E-state index in [-0.39, 0.29) is 11.3 Å². The van der Waals surface area contributed by atoms with Gasteiger partial charge >= 0.3 is 0 Å². The Morgan fingerprint density at radius 3 is 3.00 bits per heavy atom. The van der Waals surface area contributed by atoms with Crippen LogP contribution in [-0.2, 0) is 0 Å². The van der Waals surface area contributed by atoms with Gasteiger partial charge in [-0.05, 0) is 6.07 Å². The highest BCUT2D eigenvalue weighted by molar-refractivity contribution is 5.13. The van der Waals surface area contributed by atoms with Gasteiger partial charge in [0.15, 0.2) is 5.75 Å². The van der Waals surface area contributed by atoms with Crippen molar-refractivity contribution in [2.24, 2.45) is 0 Å². The first-order chi connectivity index (χ1) is 4.34. The molecule has 47 valence electrons. The first-order valence-corrected chi connectivity index (χ1v) is 2.48. The zero-order chi connectivity index (χ0) is 6.69. The van der Waals surface area contributed by atoms with E-state index in [0.29, 0.717) is 0 Å². The molecule has 0 aliphatic carbocycles. The van der Waals surface area contributed by atoms with Gasteiger partial charge in [0.1, 0.15) is 0 Å². The molecule has 1 aromatic heterocycles. The van der Waals surface area contributed by atoms with Crippen LogP contribution in [0.2, 0.25) is 0 Å². The molecule has 3 heteroatoms. The summed E-state index contributed by atoms with van der Waals surface area (Å²) in [6.07, 6.45) is 1.50. The largest absolute Gasteiger partial charge is 0.491 e. The zero-order valence-corrected chi connectivity index (χ0v) is 4.97. The van der Waals surface area contributed by atoms with Crippen molar-refractivity contribution in [3.8, 4) is 5.75 Å². The Morgan fingerprint density at radius 1 is 1.78 bits per heavy atom. The van der Waals surface area contributed by atoms with Gasteiger partial charge in [-0.3, -0.25) is 4.79 Å². The molecule has 0 spiro atoms. The average Bonchev–Trinajstić information content (AvgIpc) is 1.89. The standard InChI is InChI=1S/C6H6NO2/c1-9-5-3-2-4-7-6(5)8/h2,4H,1H3,(H,7,8). The molecule has 1 aromatic rings. The van der Waals surface area contributed by atoms with Crippen molar-refractivity contribution in [2.75, 3.05) is 7.11 Å². The fourth-order valence-electron chi connectivity index (χ4n) is 0.517. The van der Waals surface area contributed by atoms with E-state index in [9.17, 15) is 4.79 Å². The molecule has 0 aliphatic rings. The van der Waals surface area contributed by atoms with Crippen molar-refractivity contribution in [3.05, 3.63) is 28.7 Å². The molecule has 0 unspecified atom stereocenters. The quantitative estimate of drug-likeness (QED) is 0.580. The van der Waals surface area contributed by atoms with E-state index in [1.807, 2.05) is 0 Å². The highest BCUT2D eigenvalue weighted by Crippen LogP contribution is 1.94. The third-order valence-electron chi connectivity index (χ3n) is 0.923. The highest BCUT2D eigenvalue weighted by atomic mass is 16.5. The number of rotatable bonds is 1. The number of hydrogen-bond donors (Lipinski definition) is 1. The van der Waals surface area contributed by atoms with Crippen molar-refractivity contribution in [1.82, 2.24) is 4.98 Å². The molecule has 0 amide bonds. The lowest BCUT2D eigenvalue weighted by Gasteiger charge is -1.92. The van der Waals surface area contributed by atoms with E-state index in [2.05, 4.69) is 15.8 Å². The number of H-pyrrole nitrogens is 1. The second-order valence-corrected chi connectivity index (χ2v) is 1.48. The third kappa shape index (κ3) is 1.10. The minimum atomic E-state index is -0.250. The van der Waals surface area contributed by atoms with E-state index >= 15 is 0 Å². The molecule has 1 radical (unpaired) electrons. The van der Waals surface area contributed by atoms with Crippen LogP contribution in [0.15, 0.2) is 17.1 Å². The summed E-state index contributed by atoms with van der Waals surface area (Å²) in [6.45, 7) is 0. The fourth-order valence-corrected chi connectivity index (χ4v) is 0.517. The maximum Gasteiger partial charge on any atom is 0.290 e. The lowest BCUT2D eigenvalue weighted by Crippen LogP contribution is -2.06. The third-order valence-corrected chi connectivity index (χ3v) is 0.923. The lowest BCUT2D eigenvalue weighted by atomic mass is 10.5. The Morgan fingerprint density at radius 2 is 2.56 bits per heavy atom. The zero-order valence-electron chi connectivity index (χ0n) is 4.97. The van der Waals surface area contributed by atoms with E-state index in [4.69, 9.17) is 0 Å². The molecule has 0 saturated carbocycles. The summed E-state index contributed by atoms with van der Waals surface area (Å²) < 4.78 is 4.65. The van der Waals surface area contributed by atoms with Gasteiger partial charge in [-0.2, -0.15) is 0 Å². The number of aromatic nitrogens is 1. The monoisotopic (exact) mass is 124 g/mol.